The molecule has 23 heavy (non-hydrogen) atoms. The fourth-order valence-corrected chi connectivity index (χ4v) is 2.06. The third kappa shape index (κ3) is 6.93. The van der Waals surface area contributed by atoms with E-state index in [1.54, 1.807) is 36.4 Å². The minimum Gasteiger partial charge on any atom is -0.545 e. The van der Waals surface area contributed by atoms with Crippen molar-refractivity contribution in [2.24, 2.45) is 0 Å². The number of hydrogen-bond acceptors (Lipinski definition) is 4. The van der Waals surface area contributed by atoms with E-state index in [1.807, 2.05) is 26.0 Å². The fourth-order valence-electron chi connectivity index (χ4n) is 2.06. The number of carbonyl (C=O) groups excluding carboxylic acids is 2. The van der Waals surface area contributed by atoms with Crippen LogP contribution < -0.4 is 10.2 Å². The summed E-state index contributed by atoms with van der Waals surface area (Å²) in [7, 11) is 0. The van der Waals surface area contributed by atoms with Gasteiger partial charge in [-0.05, 0) is 24.0 Å². The van der Waals surface area contributed by atoms with Crippen LogP contribution in [0.1, 0.15) is 45.7 Å². The minimum absolute atomic E-state index is 0. The summed E-state index contributed by atoms with van der Waals surface area (Å²) in [5.74, 6) is -2.19. The van der Waals surface area contributed by atoms with Crippen LogP contribution in [0.15, 0.2) is 48.5 Å². The maximum absolute atomic E-state index is 10.5. The van der Waals surface area contributed by atoms with E-state index in [0.717, 1.165) is 24.0 Å². The maximum Gasteiger partial charge on any atom is 2.00 e. The largest absolute Gasteiger partial charge is 2.00 e. The van der Waals surface area contributed by atoms with Crippen molar-refractivity contribution in [3.63, 3.8) is 0 Å². The van der Waals surface area contributed by atoms with Crippen molar-refractivity contribution in [3.05, 3.63) is 70.8 Å². The smallest absolute Gasteiger partial charge is 0.545 e. The normalized spacial score (nSPS) is 9.13. The van der Waals surface area contributed by atoms with E-state index in [0.29, 0.717) is 11.1 Å². The molecule has 0 aliphatic heterocycles. The topological polar surface area (TPSA) is 80.3 Å². The molecule has 2 aromatic carbocycles. The Labute approximate surface area is 176 Å². The van der Waals surface area contributed by atoms with Crippen LogP contribution in [-0.4, -0.2) is 60.8 Å². The summed E-state index contributed by atoms with van der Waals surface area (Å²) in [5, 5.41) is 20.9. The zero-order chi connectivity index (χ0) is 16.5. The van der Waals surface area contributed by atoms with E-state index in [-0.39, 0.29) is 48.9 Å². The van der Waals surface area contributed by atoms with E-state index >= 15 is 0 Å². The zero-order valence-electron chi connectivity index (χ0n) is 13.4. The van der Waals surface area contributed by atoms with Crippen LogP contribution >= 0.6 is 0 Å². The molecule has 2 rings (SSSR count). The molecule has 5 heteroatoms. The maximum atomic E-state index is 10.5. The molecule has 0 heterocycles. The molecule has 0 unspecified atom stereocenters. The fraction of sp³-hybridized carbons (Fsp3) is 0.222. The van der Waals surface area contributed by atoms with Gasteiger partial charge in [0.05, 0.1) is 11.9 Å². The Morgan fingerprint density at radius 1 is 0.739 bits per heavy atom. The quantitative estimate of drug-likeness (QED) is 0.667. The van der Waals surface area contributed by atoms with Crippen LogP contribution in [0.4, 0.5) is 0 Å². The van der Waals surface area contributed by atoms with Crippen LogP contribution in [-0.2, 0) is 12.8 Å². The number of carboxylic acid groups (broad SMARTS) is 2. The second kappa shape index (κ2) is 11.5. The Balaban J connectivity index is 0.000000403. The van der Waals surface area contributed by atoms with Crippen LogP contribution in [0.3, 0.4) is 0 Å². The van der Waals surface area contributed by atoms with Crippen molar-refractivity contribution in [1.29, 1.82) is 0 Å². The molecule has 0 aromatic heterocycles. The van der Waals surface area contributed by atoms with Crippen LogP contribution in [0.2, 0.25) is 0 Å². The van der Waals surface area contributed by atoms with E-state index in [4.69, 9.17) is 0 Å². The molecule has 4 nitrogen and oxygen atoms in total. The molecule has 0 saturated carbocycles. The van der Waals surface area contributed by atoms with Crippen molar-refractivity contribution in [3.8, 4) is 0 Å². The van der Waals surface area contributed by atoms with E-state index in [9.17, 15) is 19.8 Å². The summed E-state index contributed by atoms with van der Waals surface area (Å²) in [6, 6.07) is 13.8. The molecule has 0 spiro atoms. The van der Waals surface area contributed by atoms with Gasteiger partial charge in [0.25, 0.3) is 0 Å². The summed E-state index contributed by atoms with van der Waals surface area (Å²) in [4.78, 5) is 20.9. The molecule has 0 radical (unpaired) electrons. The Morgan fingerprint density at radius 3 is 1.26 bits per heavy atom. The number of carbonyl (C=O) groups is 2. The average molecular weight is 436 g/mol. The van der Waals surface area contributed by atoms with Gasteiger partial charge in [-0.2, -0.15) is 0 Å². The van der Waals surface area contributed by atoms with Gasteiger partial charge in [-0.1, -0.05) is 62.4 Å². The van der Waals surface area contributed by atoms with Crippen molar-refractivity contribution in [2.75, 3.05) is 0 Å². The Hall–Kier alpha value is -1.05. The molecular formula is C18H18BaO4. The third-order valence-corrected chi connectivity index (χ3v) is 3.24. The average Bonchev–Trinajstić information content (AvgIpc) is 2.55. The van der Waals surface area contributed by atoms with E-state index < -0.39 is 11.9 Å². The molecule has 0 atom stereocenters. The first-order valence-electron chi connectivity index (χ1n) is 7.09. The van der Waals surface area contributed by atoms with Crippen LogP contribution in [0, 0.1) is 0 Å². The Morgan fingerprint density at radius 2 is 1.04 bits per heavy atom. The second-order valence-corrected chi connectivity index (χ2v) is 4.60. The van der Waals surface area contributed by atoms with Crippen molar-refractivity contribution >= 4 is 60.8 Å². The summed E-state index contributed by atoms with van der Waals surface area (Å²) >= 11 is 0. The van der Waals surface area contributed by atoms with Crippen molar-refractivity contribution in [1.82, 2.24) is 0 Å². The summed E-state index contributed by atoms with van der Waals surface area (Å²) < 4.78 is 0. The van der Waals surface area contributed by atoms with Gasteiger partial charge in [-0.25, -0.2) is 0 Å². The Kier molecular flexibility index (Phi) is 11.0. The molecule has 0 saturated heterocycles. The van der Waals surface area contributed by atoms with Crippen molar-refractivity contribution < 1.29 is 19.8 Å². The predicted molar refractivity (Wildman–Crippen MR) is 86.1 cm³/mol. The molecular weight excluding hydrogens is 418 g/mol. The minimum atomic E-state index is -1.09. The van der Waals surface area contributed by atoms with Gasteiger partial charge in [-0.15, -0.1) is 0 Å². The third-order valence-electron chi connectivity index (χ3n) is 3.24. The molecule has 0 N–H and O–H groups in total. The number of rotatable bonds is 4. The zero-order valence-corrected chi connectivity index (χ0v) is 17.8. The molecule has 2 aromatic rings. The summed E-state index contributed by atoms with van der Waals surface area (Å²) in [6.07, 6.45) is 1.45. The van der Waals surface area contributed by atoms with Crippen LogP contribution in [0.5, 0.6) is 0 Å². The number of hydrogen-bond donors (Lipinski definition) is 0. The molecule has 0 amide bonds. The van der Waals surface area contributed by atoms with Gasteiger partial charge in [0.15, 0.2) is 0 Å². The number of aromatic carboxylic acids is 2. The predicted octanol–water partition coefficient (Wildman–Crippen LogP) is 0.844. The molecule has 0 bridgehead atoms. The standard InChI is InChI=1S/2C9H10O2.Ba/c2*1-2-7-5-3-4-6-8(7)9(10)11;/h2*3-6H,2H2,1H3,(H,10,11);/q;;+2/p-2. The second-order valence-electron chi connectivity index (χ2n) is 4.60. The van der Waals surface area contributed by atoms with Gasteiger partial charge in [0.2, 0.25) is 0 Å². The molecule has 0 aliphatic carbocycles. The summed E-state index contributed by atoms with van der Waals surface area (Å²) in [5.41, 5.74) is 2.25. The molecule has 0 aliphatic rings. The number of benzene rings is 2. The van der Waals surface area contributed by atoms with E-state index in [2.05, 4.69) is 0 Å². The summed E-state index contributed by atoms with van der Waals surface area (Å²) in [6.45, 7) is 3.84. The molecule has 116 valence electrons. The molecule has 0 fully saturated rings. The first kappa shape index (κ1) is 22.0. The SMILES string of the molecule is CCc1ccccc1C(=O)[O-].CCc1ccccc1C(=O)[O-].[Ba+2]. The van der Waals surface area contributed by atoms with Gasteiger partial charge in [-0.3, -0.25) is 0 Å². The van der Waals surface area contributed by atoms with Gasteiger partial charge in [0, 0.05) is 11.1 Å². The first-order chi connectivity index (χ1) is 10.5. The number of carboxylic acids is 2. The van der Waals surface area contributed by atoms with Gasteiger partial charge in [0.1, 0.15) is 0 Å². The monoisotopic (exact) mass is 436 g/mol. The Bertz CT molecular complexity index is 595. The van der Waals surface area contributed by atoms with Gasteiger partial charge < -0.3 is 19.8 Å². The van der Waals surface area contributed by atoms with Crippen molar-refractivity contribution in [2.45, 2.75) is 26.7 Å². The van der Waals surface area contributed by atoms with Crippen LogP contribution in [0.25, 0.3) is 0 Å². The number of aryl methyl sites for hydroxylation is 2. The van der Waals surface area contributed by atoms with E-state index in [1.165, 1.54) is 0 Å². The first-order valence-corrected chi connectivity index (χ1v) is 7.09. The van der Waals surface area contributed by atoms with Gasteiger partial charge >= 0.3 is 48.9 Å².